The van der Waals surface area contributed by atoms with Crippen molar-refractivity contribution in [2.45, 2.75) is 45.3 Å². The van der Waals surface area contributed by atoms with Crippen LogP contribution in [0.4, 0.5) is 0 Å². The van der Waals surface area contributed by atoms with Crippen molar-refractivity contribution in [1.82, 2.24) is 15.1 Å². The molecule has 0 saturated carbocycles. The quantitative estimate of drug-likeness (QED) is 0.797. The van der Waals surface area contributed by atoms with Gasteiger partial charge in [-0.2, -0.15) is 0 Å². The normalized spacial score (nSPS) is 18.3. The van der Waals surface area contributed by atoms with Gasteiger partial charge in [-0.3, -0.25) is 14.5 Å². The Hall–Kier alpha value is -2.92. The first-order chi connectivity index (χ1) is 14.6. The van der Waals surface area contributed by atoms with Gasteiger partial charge in [-0.05, 0) is 54.3 Å². The van der Waals surface area contributed by atoms with E-state index in [0.29, 0.717) is 6.54 Å². The number of likely N-dealkylation sites (tertiary alicyclic amines) is 1. The maximum absolute atomic E-state index is 12.8. The first-order valence-electron chi connectivity index (χ1n) is 10.7. The van der Waals surface area contributed by atoms with E-state index in [1.54, 1.807) is 11.1 Å². The Morgan fingerprint density at radius 1 is 1.00 bits per heavy atom. The summed E-state index contributed by atoms with van der Waals surface area (Å²) >= 11 is 0. The first-order valence-corrected chi connectivity index (χ1v) is 10.7. The third kappa shape index (κ3) is 4.62. The van der Waals surface area contributed by atoms with Crippen LogP contribution in [0.3, 0.4) is 0 Å². The lowest BCUT2D eigenvalue weighted by Crippen LogP contribution is -2.35. The lowest BCUT2D eigenvalue weighted by molar-refractivity contribution is -0.130. The second-order valence-electron chi connectivity index (χ2n) is 8.12. The van der Waals surface area contributed by atoms with Gasteiger partial charge in [0.1, 0.15) is 0 Å². The zero-order valence-corrected chi connectivity index (χ0v) is 17.5. The highest BCUT2D eigenvalue weighted by atomic mass is 16.2. The van der Waals surface area contributed by atoms with Crippen molar-refractivity contribution >= 4 is 17.9 Å². The van der Waals surface area contributed by atoms with Crippen LogP contribution in [-0.4, -0.2) is 34.7 Å². The van der Waals surface area contributed by atoms with E-state index in [9.17, 15) is 9.59 Å². The highest BCUT2D eigenvalue weighted by Crippen LogP contribution is 2.32. The number of amides is 2. The Labute approximate surface area is 178 Å². The lowest BCUT2D eigenvalue weighted by Gasteiger charge is -2.32. The summed E-state index contributed by atoms with van der Waals surface area (Å²) in [6.07, 6.45) is 6.49. The molecule has 0 radical (unpaired) electrons. The standard InChI is InChI=1S/C25H29N3O2/c1-19(29)28-15-12-20-8-4-5-11-23(20)24(28)16-25(30)26-17-21-9-2-3-10-22(21)18-27-13-6-7-14-27/h2-5,8-12,15,24H,6-7,13-14,16-18H2,1H3,(H,26,30). The van der Waals surface area contributed by atoms with Crippen molar-refractivity contribution in [3.63, 3.8) is 0 Å². The molecule has 1 unspecified atom stereocenters. The Morgan fingerprint density at radius 2 is 1.70 bits per heavy atom. The molecule has 2 amide bonds. The fourth-order valence-electron chi connectivity index (χ4n) is 4.42. The molecule has 1 saturated heterocycles. The molecule has 0 aromatic heterocycles. The number of benzene rings is 2. The summed E-state index contributed by atoms with van der Waals surface area (Å²) in [7, 11) is 0. The van der Waals surface area contributed by atoms with Gasteiger partial charge < -0.3 is 10.2 Å². The Kier molecular flexibility index (Phi) is 6.29. The Balaban J connectivity index is 1.42. The zero-order valence-electron chi connectivity index (χ0n) is 17.5. The molecule has 1 atom stereocenters. The van der Waals surface area contributed by atoms with Gasteiger partial charge in [-0.25, -0.2) is 0 Å². The van der Waals surface area contributed by atoms with E-state index in [1.165, 1.54) is 25.3 Å². The van der Waals surface area contributed by atoms with E-state index in [4.69, 9.17) is 0 Å². The molecule has 156 valence electrons. The summed E-state index contributed by atoms with van der Waals surface area (Å²) in [5.41, 5.74) is 4.50. The molecule has 2 heterocycles. The molecule has 5 nitrogen and oxygen atoms in total. The van der Waals surface area contributed by atoms with Crippen LogP contribution in [-0.2, 0) is 22.7 Å². The van der Waals surface area contributed by atoms with Gasteiger partial charge >= 0.3 is 0 Å². The summed E-state index contributed by atoms with van der Waals surface area (Å²) in [5.74, 6) is -0.109. The van der Waals surface area contributed by atoms with E-state index in [2.05, 4.69) is 28.4 Å². The van der Waals surface area contributed by atoms with Gasteiger partial charge in [0.25, 0.3) is 0 Å². The number of nitrogens with one attached hydrogen (secondary N) is 1. The zero-order chi connectivity index (χ0) is 20.9. The van der Waals surface area contributed by atoms with Crippen LogP contribution in [0.25, 0.3) is 6.08 Å². The van der Waals surface area contributed by atoms with E-state index < -0.39 is 0 Å². The van der Waals surface area contributed by atoms with Crippen molar-refractivity contribution in [2.75, 3.05) is 13.1 Å². The molecule has 30 heavy (non-hydrogen) atoms. The number of fused-ring (bicyclic) bond motifs is 1. The fourth-order valence-corrected chi connectivity index (χ4v) is 4.42. The first kappa shape index (κ1) is 20.4. The number of rotatable bonds is 6. The molecule has 2 aromatic carbocycles. The second-order valence-corrected chi connectivity index (χ2v) is 8.12. The maximum atomic E-state index is 12.8. The second kappa shape index (κ2) is 9.26. The lowest BCUT2D eigenvalue weighted by atomic mass is 9.93. The molecular formula is C25H29N3O2. The smallest absolute Gasteiger partial charge is 0.223 e. The van der Waals surface area contributed by atoms with Crippen molar-refractivity contribution in [3.05, 3.63) is 77.0 Å². The minimum atomic E-state index is -0.274. The monoisotopic (exact) mass is 403 g/mol. The SMILES string of the molecule is CC(=O)N1C=Cc2ccccc2C1CC(=O)NCc1ccccc1CN1CCCC1. The average Bonchev–Trinajstić information content (AvgIpc) is 3.26. The molecule has 0 bridgehead atoms. The fraction of sp³-hybridized carbons (Fsp3) is 0.360. The molecule has 2 aliphatic rings. The largest absolute Gasteiger partial charge is 0.352 e. The number of nitrogens with zero attached hydrogens (tertiary/aromatic N) is 2. The van der Waals surface area contributed by atoms with Gasteiger partial charge in [0, 0.05) is 26.2 Å². The minimum Gasteiger partial charge on any atom is -0.352 e. The highest BCUT2D eigenvalue weighted by molar-refractivity contribution is 5.81. The molecule has 2 aromatic rings. The molecule has 2 aliphatic heterocycles. The van der Waals surface area contributed by atoms with Gasteiger partial charge in [0.15, 0.2) is 0 Å². The van der Waals surface area contributed by atoms with E-state index >= 15 is 0 Å². The van der Waals surface area contributed by atoms with Crippen LogP contribution in [0.5, 0.6) is 0 Å². The number of carbonyl (C=O) groups excluding carboxylic acids is 2. The topological polar surface area (TPSA) is 52.7 Å². The third-order valence-electron chi connectivity index (χ3n) is 6.03. The van der Waals surface area contributed by atoms with Crippen LogP contribution in [0.15, 0.2) is 54.7 Å². The predicted molar refractivity (Wildman–Crippen MR) is 118 cm³/mol. The van der Waals surface area contributed by atoms with Crippen LogP contribution < -0.4 is 5.32 Å². The van der Waals surface area contributed by atoms with Crippen LogP contribution in [0.1, 0.15) is 54.5 Å². The molecule has 0 aliphatic carbocycles. The van der Waals surface area contributed by atoms with Gasteiger partial charge in [0.05, 0.1) is 12.5 Å². The highest BCUT2D eigenvalue weighted by Gasteiger charge is 2.28. The van der Waals surface area contributed by atoms with Crippen LogP contribution in [0, 0.1) is 0 Å². The maximum Gasteiger partial charge on any atom is 0.223 e. The summed E-state index contributed by atoms with van der Waals surface area (Å²) < 4.78 is 0. The average molecular weight is 404 g/mol. The Bertz CT molecular complexity index is 947. The molecular weight excluding hydrogens is 374 g/mol. The molecule has 1 N–H and O–H groups in total. The van der Waals surface area contributed by atoms with Crippen LogP contribution >= 0.6 is 0 Å². The molecule has 0 spiro atoms. The van der Waals surface area contributed by atoms with E-state index in [0.717, 1.165) is 36.3 Å². The van der Waals surface area contributed by atoms with Crippen molar-refractivity contribution in [2.24, 2.45) is 0 Å². The van der Waals surface area contributed by atoms with Gasteiger partial charge in [0.2, 0.25) is 11.8 Å². The van der Waals surface area contributed by atoms with E-state index in [-0.39, 0.29) is 24.3 Å². The van der Waals surface area contributed by atoms with E-state index in [1.807, 2.05) is 36.4 Å². The summed E-state index contributed by atoms with van der Waals surface area (Å²) in [4.78, 5) is 29.1. The number of hydrogen-bond donors (Lipinski definition) is 1. The van der Waals surface area contributed by atoms with Crippen LogP contribution in [0.2, 0.25) is 0 Å². The third-order valence-corrected chi connectivity index (χ3v) is 6.03. The van der Waals surface area contributed by atoms with Crippen molar-refractivity contribution in [1.29, 1.82) is 0 Å². The summed E-state index contributed by atoms with van der Waals surface area (Å²) in [6.45, 7) is 5.28. The molecule has 4 rings (SSSR count). The predicted octanol–water partition coefficient (Wildman–Crippen LogP) is 3.86. The molecule has 1 fully saturated rings. The Morgan fingerprint density at radius 3 is 2.47 bits per heavy atom. The van der Waals surface area contributed by atoms with Crippen molar-refractivity contribution < 1.29 is 9.59 Å². The van der Waals surface area contributed by atoms with Gasteiger partial charge in [-0.15, -0.1) is 0 Å². The summed E-state index contributed by atoms with van der Waals surface area (Å²) in [6, 6.07) is 16.0. The molecule has 5 heteroatoms. The number of hydrogen-bond acceptors (Lipinski definition) is 3. The number of carbonyl (C=O) groups is 2. The van der Waals surface area contributed by atoms with Gasteiger partial charge in [-0.1, -0.05) is 48.5 Å². The summed E-state index contributed by atoms with van der Waals surface area (Å²) in [5, 5.41) is 3.08. The minimum absolute atomic E-state index is 0.0488. The van der Waals surface area contributed by atoms with Crippen molar-refractivity contribution in [3.8, 4) is 0 Å².